The third-order valence-electron chi connectivity index (χ3n) is 4.11. The first-order valence-electron chi connectivity index (χ1n) is 7.96. The zero-order chi connectivity index (χ0) is 19.6. The van der Waals surface area contributed by atoms with Gasteiger partial charge >= 0.3 is 0 Å². The summed E-state index contributed by atoms with van der Waals surface area (Å²) in [5.41, 5.74) is 5.47. The second-order valence-electron chi connectivity index (χ2n) is 5.95. The maximum Gasteiger partial charge on any atom is 0.271 e. The Balaban J connectivity index is 1.59. The molecule has 0 radical (unpaired) electrons. The van der Waals surface area contributed by atoms with Crippen LogP contribution in [0.1, 0.15) is 16.8 Å². The molecule has 9 heteroatoms. The van der Waals surface area contributed by atoms with Crippen LogP contribution < -0.4 is 15.8 Å². The number of hydrazine groups is 1. The quantitative estimate of drug-likeness (QED) is 0.738. The van der Waals surface area contributed by atoms with Crippen molar-refractivity contribution >= 4 is 58.2 Å². The summed E-state index contributed by atoms with van der Waals surface area (Å²) in [4.78, 5) is 38.2. The molecule has 1 aliphatic heterocycles. The topological polar surface area (TPSA) is 78.5 Å². The highest BCUT2D eigenvalue weighted by Crippen LogP contribution is 2.26. The van der Waals surface area contributed by atoms with E-state index in [0.717, 1.165) is 0 Å². The molecular weight excluding hydrogens is 413 g/mol. The van der Waals surface area contributed by atoms with E-state index < -0.39 is 17.7 Å². The van der Waals surface area contributed by atoms with Crippen LogP contribution in [0.2, 0.25) is 15.1 Å². The molecule has 1 aliphatic rings. The monoisotopic (exact) mass is 425 g/mol. The molecule has 2 N–H and O–H groups in total. The Morgan fingerprint density at radius 2 is 1.63 bits per heavy atom. The maximum atomic E-state index is 12.3. The van der Waals surface area contributed by atoms with Crippen molar-refractivity contribution in [3.05, 3.63) is 63.1 Å². The second-order valence-corrected chi connectivity index (χ2v) is 7.23. The number of carbonyl (C=O) groups is 3. The van der Waals surface area contributed by atoms with Gasteiger partial charge in [-0.2, -0.15) is 0 Å². The van der Waals surface area contributed by atoms with Crippen LogP contribution in [0.15, 0.2) is 42.5 Å². The SMILES string of the molecule is O=C(NNC(=O)[C@H]1CC(=O)N(c2ccc(Cl)cc2)C1)c1ccc(Cl)cc1Cl. The molecule has 0 spiro atoms. The fourth-order valence-electron chi connectivity index (χ4n) is 2.72. The van der Waals surface area contributed by atoms with E-state index in [1.807, 2.05) is 0 Å². The zero-order valence-corrected chi connectivity index (χ0v) is 16.1. The van der Waals surface area contributed by atoms with Gasteiger partial charge in [-0.15, -0.1) is 0 Å². The Kier molecular flexibility index (Phi) is 5.89. The summed E-state index contributed by atoms with van der Waals surface area (Å²) in [6.07, 6.45) is 0.0477. The van der Waals surface area contributed by atoms with Crippen molar-refractivity contribution in [2.45, 2.75) is 6.42 Å². The minimum atomic E-state index is -0.589. The number of amides is 3. The lowest BCUT2D eigenvalue weighted by molar-refractivity contribution is -0.126. The van der Waals surface area contributed by atoms with Crippen molar-refractivity contribution in [1.82, 2.24) is 10.9 Å². The van der Waals surface area contributed by atoms with Crippen LogP contribution in [0.4, 0.5) is 5.69 Å². The molecule has 1 heterocycles. The lowest BCUT2D eigenvalue weighted by Crippen LogP contribution is -2.45. The Morgan fingerprint density at radius 1 is 0.963 bits per heavy atom. The summed E-state index contributed by atoms with van der Waals surface area (Å²) in [5.74, 6) is -1.80. The van der Waals surface area contributed by atoms with Crippen molar-refractivity contribution < 1.29 is 14.4 Å². The molecule has 0 aromatic heterocycles. The normalized spacial score (nSPS) is 16.3. The molecule has 2 aromatic rings. The highest BCUT2D eigenvalue weighted by atomic mass is 35.5. The van der Waals surface area contributed by atoms with Gasteiger partial charge in [-0.1, -0.05) is 34.8 Å². The van der Waals surface area contributed by atoms with Crippen LogP contribution in [-0.2, 0) is 9.59 Å². The van der Waals surface area contributed by atoms with Crippen molar-refractivity contribution in [3.63, 3.8) is 0 Å². The van der Waals surface area contributed by atoms with Crippen LogP contribution in [0, 0.1) is 5.92 Å². The Morgan fingerprint density at radius 3 is 2.30 bits per heavy atom. The number of benzene rings is 2. The predicted octanol–water partition coefficient (Wildman–Crippen LogP) is 3.46. The number of carbonyl (C=O) groups excluding carboxylic acids is 3. The van der Waals surface area contributed by atoms with Gasteiger partial charge in [0.15, 0.2) is 0 Å². The van der Waals surface area contributed by atoms with Crippen molar-refractivity contribution in [2.24, 2.45) is 5.92 Å². The summed E-state index contributed by atoms with van der Waals surface area (Å²) < 4.78 is 0. The molecule has 0 unspecified atom stereocenters. The number of nitrogens with zero attached hydrogens (tertiary/aromatic N) is 1. The zero-order valence-electron chi connectivity index (χ0n) is 13.8. The van der Waals surface area contributed by atoms with Gasteiger partial charge < -0.3 is 4.90 Å². The molecular formula is C18H14Cl3N3O3. The summed E-state index contributed by atoms with van der Waals surface area (Å²) in [6.45, 7) is 0.212. The minimum absolute atomic E-state index is 0.0477. The van der Waals surface area contributed by atoms with Crippen molar-refractivity contribution in [1.29, 1.82) is 0 Å². The van der Waals surface area contributed by atoms with Crippen molar-refractivity contribution in [3.8, 4) is 0 Å². The standard InChI is InChI=1S/C18H14Cl3N3O3/c19-11-1-4-13(5-2-11)24-9-10(7-16(24)25)17(26)22-23-18(27)14-6-3-12(20)8-15(14)21/h1-6,8,10H,7,9H2,(H,22,26)(H,23,27)/t10-/m0/s1. The third kappa shape index (κ3) is 4.53. The van der Waals surface area contributed by atoms with Gasteiger partial charge in [-0.3, -0.25) is 25.2 Å². The molecule has 0 bridgehead atoms. The molecule has 27 heavy (non-hydrogen) atoms. The lowest BCUT2D eigenvalue weighted by Gasteiger charge is -2.17. The van der Waals surface area contributed by atoms with Gasteiger partial charge in [-0.05, 0) is 42.5 Å². The molecule has 0 aliphatic carbocycles. The van der Waals surface area contributed by atoms with Gasteiger partial charge in [0, 0.05) is 28.7 Å². The number of halogens is 3. The van der Waals surface area contributed by atoms with E-state index in [-0.39, 0.29) is 29.5 Å². The highest BCUT2D eigenvalue weighted by molar-refractivity contribution is 6.36. The van der Waals surface area contributed by atoms with Gasteiger partial charge in [-0.25, -0.2) is 0 Å². The van der Waals surface area contributed by atoms with E-state index in [4.69, 9.17) is 34.8 Å². The van der Waals surface area contributed by atoms with Gasteiger partial charge in [0.2, 0.25) is 11.8 Å². The molecule has 6 nitrogen and oxygen atoms in total. The second kappa shape index (κ2) is 8.17. The number of anilines is 1. The molecule has 3 amide bonds. The lowest BCUT2D eigenvalue weighted by atomic mass is 10.1. The Labute approximate surface area is 170 Å². The number of rotatable bonds is 3. The van der Waals surface area contributed by atoms with E-state index in [2.05, 4.69) is 10.9 Å². The third-order valence-corrected chi connectivity index (χ3v) is 4.91. The van der Waals surface area contributed by atoms with E-state index in [1.165, 1.54) is 23.1 Å². The van der Waals surface area contributed by atoms with Crippen LogP contribution in [-0.4, -0.2) is 24.3 Å². The summed E-state index contributed by atoms with van der Waals surface area (Å²) in [5, 5.41) is 1.12. The van der Waals surface area contributed by atoms with Gasteiger partial charge in [0.05, 0.1) is 16.5 Å². The van der Waals surface area contributed by atoms with Crippen LogP contribution in [0.25, 0.3) is 0 Å². The van der Waals surface area contributed by atoms with Crippen LogP contribution >= 0.6 is 34.8 Å². The maximum absolute atomic E-state index is 12.3. The predicted molar refractivity (Wildman–Crippen MR) is 104 cm³/mol. The van der Waals surface area contributed by atoms with E-state index in [0.29, 0.717) is 15.7 Å². The number of nitrogens with one attached hydrogen (secondary N) is 2. The molecule has 3 rings (SSSR count). The largest absolute Gasteiger partial charge is 0.312 e. The summed E-state index contributed by atoms with van der Waals surface area (Å²) >= 11 is 17.6. The van der Waals surface area contributed by atoms with E-state index in [1.54, 1.807) is 24.3 Å². The first kappa shape index (κ1) is 19.5. The minimum Gasteiger partial charge on any atom is -0.312 e. The molecule has 1 saturated heterocycles. The van der Waals surface area contributed by atoms with E-state index in [9.17, 15) is 14.4 Å². The molecule has 2 aromatic carbocycles. The highest BCUT2D eigenvalue weighted by Gasteiger charge is 2.35. The average molecular weight is 427 g/mol. The van der Waals surface area contributed by atoms with Crippen molar-refractivity contribution in [2.75, 3.05) is 11.4 Å². The summed E-state index contributed by atoms with van der Waals surface area (Å²) in [6, 6.07) is 11.2. The van der Waals surface area contributed by atoms with Crippen LogP contribution in [0.3, 0.4) is 0 Å². The van der Waals surface area contributed by atoms with Crippen LogP contribution in [0.5, 0.6) is 0 Å². The first-order chi connectivity index (χ1) is 12.8. The molecule has 140 valence electrons. The fourth-order valence-corrected chi connectivity index (χ4v) is 3.34. The molecule has 1 fully saturated rings. The smallest absolute Gasteiger partial charge is 0.271 e. The molecule has 1 atom stereocenters. The average Bonchev–Trinajstić information content (AvgIpc) is 3.02. The Bertz CT molecular complexity index is 902. The van der Waals surface area contributed by atoms with E-state index >= 15 is 0 Å². The fraction of sp³-hybridized carbons (Fsp3) is 0.167. The number of hydrogen-bond acceptors (Lipinski definition) is 3. The van der Waals surface area contributed by atoms with Gasteiger partial charge in [0.1, 0.15) is 0 Å². The first-order valence-corrected chi connectivity index (χ1v) is 9.09. The molecule has 0 saturated carbocycles. The van der Waals surface area contributed by atoms with Gasteiger partial charge in [0.25, 0.3) is 5.91 Å². The Hall–Kier alpha value is -2.28. The number of hydrogen-bond donors (Lipinski definition) is 2. The summed E-state index contributed by atoms with van der Waals surface area (Å²) in [7, 11) is 0.